The number of nitrogens with one attached hydrogen (secondary N) is 2. The molecule has 0 bridgehead atoms. The fourth-order valence-electron chi connectivity index (χ4n) is 3.40. The Hall–Kier alpha value is -1.41. The summed E-state index contributed by atoms with van der Waals surface area (Å²) in [5, 5.41) is 46.7. The van der Waals surface area contributed by atoms with E-state index in [1.165, 1.54) is 0 Å². The molecule has 0 aromatic rings. The van der Waals surface area contributed by atoms with Crippen molar-refractivity contribution in [1.82, 2.24) is 10.9 Å². The molecule has 7 N–H and O–H groups in total. The fraction of sp³-hybridized carbons (Fsp3) is 0.824. The number of rotatable bonds is 9. The van der Waals surface area contributed by atoms with Crippen molar-refractivity contribution in [1.29, 1.82) is 0 Å². The molecule has 1 amide bonds. The number of fused-ring (bicyclic) bond motifs is 1. The van der Waals surface area contributed by atoms with E-state index in [0.717, 1.165) is 25.7 Å². The van der Waals surface area contributed by atoms with Crippen LogP contribution in [-0.2, 0) is 4.74 Å². The third-order valence-electron chi connectivity index (χ3n) is 5.07. The van der Waals surface area contributed by atoms with Crippen LogP contribution in [0.3, 0.4) is 0 Å². The highest BCUT2D eigenvalue weighted by atomic mass is 16.6. The van der Waals surface area contributed by atoms with Gasteiger partial charge in [0, 0.05) is 19.4 Å². The highest BCUT2D eigenvalue weighted by molar-refractivity contribution is 5.66. The molecule has 0 radical (unpaired) electrons. The number of hydrogen-bond donors (Lipinski definition) is 7. The van der Waals surface area contributed by atoms with Crippen LogP contribution in [0.2, 0.25) is 0 Å². The lowest BCUT2D eigenvalue weighted by Crippen LogP contribution is -2.51. The Bertz CT molecular complexity index is 503. The number of aliphatic hydroxyl groups excluding tert-OH is 5. The summed E-state index contributed by atoms with van der Waals surface area (Å²) in [6, 6.07) is 0. The number of amides is 1. The molecule has 0 aromatic heterocycles. The van der Waals surface area contributed by atoms with E-state index >= 15 is 0 Å². The van der Waals surface area contributed by atoms with E-state index in [-0.39, 0.29) is 6.54 Å². The lowest BCUT2D eigenvalue weighted by molar-refractivity contribution is -0.114. The normalized spacial score (nSPS) is 28.9. The van der Waals surface area contributed by atoms with Crippen LogP contribution in [0.15, 0.2) is 0 Å². The van der Waals surface area contributed by atoms with Crippen molar-refractivity contribution in [3.05, 3.63) is 0 Å². The third-order valence-corrected chi connectivity index (χ3v) is 5.07. The van der Waals surface area contributed by atoms with E-state index < -0.39 is 37.1 Å². The SMILES string of the molecule is O=C(NNC[C@H](O)[C@@H](O)[C@H](O)[C@H](O)CO)OCC1[C@H]2CCC#CCC[C@@H]12. The lowest BCUT2D eigenvalue weighted by Gasteiger charge is -2.25. The van der Waals surface area contributed by atoms with Gasteiger partial charge in [-0.05, 0) is 30.6 Å². The summed E-state index contributed by atoms with van der Waals surface area (Å²) in [6.07, 6.45) is -3.27. The minimum atomic E-state index is -1.71. The molecule has 9 heteroatoms. The molecule has 2 aliphatic rings. The van der Waals surface area contributed by atoms with Crippen molar-refractivity contribution in [2.75, 3.05) is 19.8 Å². The first kappa shape index (κ1) is 20.9. The molecule has 1 fully saturated rings. The molecule has 0 saturated heterocycles. The van der Waals surface area contributed by atoms with Gasteiger partial charge in [-0.2, -0.15) is 0 Å². The molecule has 1 unspecified atom stereocenters. The van der Waals surface area contributed by atoms with E-state index in [4.69, 9.17) is 9.84 Å². The Morgan fingerprint density at radius 3 is 2.19 bits per heavy atom. The van der Waals surface area contributed by atoms with Crippen LogP contribution in [0.1, 0.15) is 25.7 Å². The molecule has 2 rings (SSSR count). The van der Waals surface area contributed by atoms with Crippen molar-refractivity contribution in [3.8, 4) is 11.8 Å². The molecule has 1 saturated carbocycles. The number of hydrogen-bond acceptors (Lipinski definition) is 8. The minimum Gasteiger partial charge on any atom is -0.448 e. The second kappa shape index (κ2) is 10.1. The number of carbonyl (C=O) groups excluding carboxylic acids is 1. The molecule has 0 spiro atoms. The molecule has 7 atom stereocenters. The fourth-order valence-corrected chi connectivity index (χ4v) is 3.40. The van der Waals surface area contributed by atoms with Crippen LogP contribution >= 0.6 is 0 Å². The lowest BCUT2D eigenvalue weighted by atomic mass is 10.0. The molecule has 2 aliphatic carbocycles. The summed E-state index contributed by atoms with van der Waals surface area (Å²) in [5.41, 5.74) is 4.63. The monoisotopic (exact) mass is 372 g/mol. The zero-order valence-corrected chi connectivity index (χ0v) is 14.5. The van der Waals surface area contributed by atoms with Crippen molar-refractivity contribution in [2.24, 2.45) is 17.8 Å². The number of ether oxygens (including phenoxy) is 1. The Morgan fingerprint density at radius 1 is 1.04 bits per heavy atom. The smallest absolute Gasteiger partial charge is 0.421 e. The average Bonchev–Trinajstić information content (AvgIpc) is 3.26. The summed E-state index contributed by atoms with van der Waals surface area (Å²) in [5.74, 6) is 7.76. The van der Waals surface area contributed by atoms with Crippen molar-refractivity contribution >= 4 is 6.09 Å². The second-order valence-electron chi connectivity index (χ2n) is 6.83. The van der Waals surface area contributed by atoms with Crippen LogP contribution in [0.5, 0.6) is 0 Å². The van der Waals surface area contributed by atoms with Crippen LogP contribution < -0.4 is 10.9 Å². The van der Waals surface area contributed by atoms with Crippen molar-refractivity contribution in [3.63, 3.8) is 0 Å². The van der Waals surface area contributed by atoms with E-state index in [9.17, 15) is 25.2 Å². The second-order valence-corrected chi connectivity index (χ2v) is 6.83. The van der Waals surface area contributed by atoms with Crippen molar-refractivity contribution < 1.29 is 35.1 Å². The molecular formula is C17H28N2O7. The van der Waals surface area contributed by atoms with Gasteiger partial charge in [-0.15, -0.1) is 11.8 Å². The standard InChI is InChI=1S/C17H28N2O7/c20-8-14(22)16(24)15(23)13(21)7-18-19-17(25)26-9-12-10-5-3-1-2-4-6-11(10)12/h10-16,18,20-24H,3-9H2,(H,19,25)/t10-,11+,12?,13-,14+,15+,16+/m0/s1. The van der Waals surface area contributed by atoms with Crippen LogP contribution in [0.25, 0.3) is 0 Å². The Labute approximate surface area is 152 Å². The van der Waals surface area contributed by atoms with Gasteiger partial charge in [-0.3, -0.25) is 5.43 Å². The molecule has 148 valence electrons. The zero-order chi connectivity index (χ0) is 19.1. The highest BCUT2D eigenvalue weighted by Crippen LogP contribution is 2.52. The summed E-state index contributed by atoms with van der Waals surface area (Å²) in [6.45, 7) is -0.703. The zero-order valence-electron chi connectivity index (χ0n) is 14.5. The minimum absolute atomic E-state index is 0.280. The van der Waals surface area contributed by atoms with Gasteiger partial charge in [-0.25, -0.2) is 10.2 Å². The quantitative estimate of drug-likeness (QED) is 0.183. The van der Waals surface area contributed by atoms with Gasteiger partial charge in [0.1, 0.15) is 18.3 Å². The van der Waals surface area contributed by atoms with E-state index in [0.29, 0.717) is 24.4 Å². The number of aliphatic hydroxyl groups is 5. The van der Waals surface area contributed by atoms with Gasteiger partial charge in [0.15, 0.2) is 0 Å². The maximum absolute atomic E-state index is 11.7. The number of carbonyl (C=O) groups is 1. The van der Waals surface area contributed by atoms with Crippen LogP contribution in [0, 0.1) is 29.6 Å². The predicted octanol–water partition coefficient (Wildman–Crippen LogP) is -1.91. The topological polar surface area (TPSA) is 152 Å². The molecule has 0 aromatic carbocycles. The Kier molecular flexibility index (Phi) is 8.09. The average molecular weight is 372 g/mol. The summed E-state index contributed by atoms with van der Waals surface area (Å²) in [4.78, 5) is 11.7. The van der Waals surface area contributed by atoms with Crippen LogP contribution in [-0.4, -0.2) is 75.8 Å². The largest absolute Gasteiger partial charge is 0.448 e. The third kappa shape index (κ3) is 5.81. The summed E-state index contributed by atoms with van der Waals surface area (Å²) in [7, 11) is 0. The van der Waals surface area contributed by atoms with Gasteiger partial charge in [0.25, 0.3) is 0 Å². The number of hydrazine groups is 1. The van der Waals surface area contributed by atoms with E-state index in [1.807, 2.05) is 0 Å². The predicted molar refractivity (Wildman–Crippen MR) is 90.3 cm³/mol. The summed E-state index contributed by atoms with van der Waals surface area (Å²) >= 11 is 0. The van der Waals surface area contributed by atoms with Gasteiger partial charge in [0.05, 0.1) is 19.3 Å². The molecular weight excluding hydrogens is 344 g/mol. The van der Waals surface area contributed by atoms with Gasteiger partial charge >= 0.3 is 6.09 Å². The maximum Gasteiger partial charge on any atom is 0.421 e. The molecule has 26 heavy (non-hydrogen) atoms. The van der Waals surface area contributed by atoms with Crippen molar-refractivity contribution in [2.45, 2.75) is 50.1 Å². The molecule has 0 heterocycles. The molecule has 9 nitrogen and oxygen atoms in total. The van der Waals surface area contributed by atoms with E-state index in [2.05, 4.69) is 22.7 Å². The van der Waals surface area contributed by atoms with Gasteiger partial charge < -0.3 is 30.3 Å². The van der Waals surface area contributed by atoms with Gasteiger partial charge in [0.2, 0.25) is 0 Å². The Balaban J connectivity index is 1.59. The van der Waals surface area contributed by atoms with E-state index in [1.54, 1.807) is 0 Å². The first-order valence-corrected chi connectivity index (χ1v) is 8.90. The maximum atomic E-state index is 11.7. The van der Waals surface area contributed by atoms with Crippen LogP contribution in [0.4, 0.5) is 4.79 Å². The highest BCUT2D eigenvalue weighted by Gasteiger charge is 2.49. The van der Waals surface area contributed by atoms with Gasteiger partial charge in [-0.1, -0.05) is 0 Å². The first-order chi connectivity index (χ1) is 12.5. The molecule has 0 aliphatic heterocycles. The Morgan fingerprint density at radius 2 is 1.62 bits per heavy atom. The summed E-state index contributed by atoms with van der Waals surface area (Å²) < 4.78 is 5.16. The first-order valence-electron chi connectivity index (χ1n) is 8.90.